The van der Waals surface area contributed by atoms with E-state index in [2.05, 4.69) is 10.3 Å². The van der Waals surface area contributed by atoms with Crippen molar-refractivity contribution in [3.8, 4) is 16.8 Å². The standard InChI is InChI=1S/C20H19N3O4/c1-11(2)18-17(20(26)27)21-22-23(18)16-9-14(8-15(10-16)19(24)25)13-6-4-12(3)5-7-13/h4-11H,1-3H3,(H,24,25)(H,26,27). The quantitative estimate of drug-likeness (QED) is 0.713. The van der Waals surface area contributed by atoms with Gasteiger partial charge in [0.2, 0.25) is 0 Å². The molecule has 0 aliphatic rings. The number of carbonyl (C=O) groups is 2. The minimum atomic E-state index is -1.17. The van der Waals surface area contributed by atoms with Crippen molar-refractivity contribution in [2.24, 2.45) is 0 Å². The third kappa shape index (κ3) is 3.57. The van der Waals surface area contributed by atoms with Gasteiger partial charge in [-0.2, -0.15) is 0 Å². The molecule has 0 radical (unpaired) electrons. The molecule has 0 saturated carbocycles. The second kappa shape index (κ2) is 7.03. The Morgan fingerprint density at radius 1 is 0.963 bits per heavy atom. The molecular formula is C20H19N3O4. The van der Waals surface area contributed by atoms with Crippen molar-refractivity contribution in [3.63, 3.8) is 0 Å². The molecule has 3 aromatic rings. The number of aromatic nitrogens is 3. The summed E-state index contributed by atoms with van der Waals surface area (Å²) < 4.78 is 1.40. The van der Waals surface area contributed by atoms with Crippen molar-refractivity contribution in [1.29, 1.82) is 0 Å². The van der Waals surface area contributed by atoms with Gasteiger partial charge in [-0.05, 0) is 42.2 Å². The highest BCUT2D eigenvalue weighted by Gasteiger charge is 2.23. The largest absolute Gasteiger partial charge is 0.478 e. The van der Waals surface area contributed by atoms with E-state index < -0.39 is 11.9 Å². The molecule has 0 aliphatic carbocycles. The van der Waals surface area contributed by atoms with Gasteiger partial charge in [0.25, 0.3) is 0 Å². The van der Waals surface area contributed by atoms with E-state index >= 15 is 0 Å². The first-order valence-electron chi connectivity index (χ1n) is 8.42. The zero-order valence-corrected chi connectivity index (χ0v) is 15.2. The van der Waals surface area contributed by atoms with Gasteiger partial charge in [-0.3, -0.25) is 0 Å². The van der Waals surface area contributed by atoms with Gasteiger partial charge in [0.1, 0.15) is 0 Å². The Morgan fingerprint density at radius 3 is 2.19 bits per heavy atom. The normalized spacial score (nSPS) is 11.0. The molecule has 138 valence electrons. The summed E-state index contributed by atoms with van der Waals surface area (Å²) in [7, 11) is 0. The molecule has 0 aliphatic heterocycles. The first-order valence-corrected chi connectivity index (χ1v) is 8.42. The predicted octanol–water partition coefficient (Wildman–Crippen LogP) is 3.76. The van der Waals surface area contributed by atoms with Gasteiger partial charge in [0, 0.05) is 0 Å². The molecular weight excluding hydrogens is 346 g/mol. The summed E-state index contributed by atoms with van der Waals surface area (Å²) in [6.07, 6.45) is 0. The summed E-state index contributed by atoms with van der Waals surface area (Å²) in [4.78, 5) is 23.1. The van der Waals surface area contributed by atoms with Crippen LogP contribution in [0.15, 0.2) is 42.5 Å². The molecule has 0 bridgehead atoms. The number of nitrogens with zero attached hydrogens (tertiary/aromatic N) is 3. The van der Waals surface area contributed by atoms with Crippen LogP contribution < -0.4 is 0 Å². The molecule has 3 rings (SSSR count). The van der Waals surface area contributed by atoms with Gasteiger partial charge in [-0.1, -0.05) is 48.9 Å². The van der Waals surface area contributed by atoms with Gasteiger partial charge < -0.3 is 10.2 Å². The van der Waals surface area contributed by atoms with Gasteiger partial charge in [-0.15, -0.1) is 5.10 Å². The summed E-state index contributed by atoms with van der Waals surface area (Å²) in [6.45, 7) is 5.65. The third-order valence-corrected chi connectivity index (χ3v) is 4.25. The molecule has 7 nitrogen and oxygen atoms in total. The first kappa shape index (κ1) is 18.3. The first-order chi connectivity index (χ1) is 12.8. The lowest BCUT2D eigenvalue weighted by Gasteiger charge is -2.13. The SMILES string of the molecule is Cc1ccc(-c2cc(C(=O)O)cc(-n3nnc(C(=O)O)c3C(C)C)c2)cc1. The molecule has 7 heteroatoms. The second-order valence-corrected chi connectivity index (χ2v) is 6.63. The summed E-state index contributed by atoms with van der Waals surface area (Å²) in [5, 5.41) is 26.6. The third-order valence-electron chi connectivity index (χ3n) is 4.25. The van der Waals surface area contributed by atoms with Crippen LogP contribution in [0.5, 0.6) is 0 Å². The molecule has 0 saturated heterocycles. The molecule has 0 amide bonds. The van der Waals surface area contributed by atoms with E-state index in [-0.39, 0.29) is 17.2 Å². The minimum absolute atomic E-state index is 0.0881. The number of carboxylic acid groups (broad SMARTS) is 2. The molecule has 0 spiro atoms. The van der Waals surface area contributed by atoms with Gasteiger partial charge >= 0.3 is 11.9 Å². The van der Waals surface area contributed by atoms with Crippen molar-refractivity contribution in [2.45, 2.75) is 26.7 Å². The molecule has 27 heavy (non-hydrogen) atoms. The van der Waals surface area contributed by atoms with Crippen LogP contribution in [0.2, 0.25) is 0 Å². The Hall–Kier alpha value is -3.48. The Bertz CT molecular complexity index is 1020. The van der Waals surface area contributed by atoms with Crippen LogP contribution in [0.25, 0.3) is 16.8 Å². The summed E-state index contributed by atoms with van der Waals surface area (Å²) in [5.74, 6) is -2.41. The number of carboxylic acids is 2. The summed E-state index contributed by atoms with van der Waals surface area (Å²) in [6, 6.07) is 12.5. The fourth-order valence-electron chi connectivity index (χ4n) is 2.92. The van der Waals surface area contributed by atoms with E-state index in [1.165, 1.54) is 10.7 Å². The van der Waals surface area contributed by atoms with E-state index in [0.29, 0.717) is 16.9 Å². The van der Waals surface area contributed by atoms with Crippen LogP contribution in [0.4, 0.5) is 0 Å². The van der Waals surface area contributed by atoms with Crippen LogP contribution in [0.3, 0.4) is 0 Å². The van der Waals surface area contributed by atoms with Gasteiger partial charge in [0.15, 0.2) is 5.69 Å². The molecule has 2 aromatic carbocycles. The summed E-state index contributed by atoms with van der Waals surface area (Å²) >= 11 is 0. The highest BCUT2D eigenvalue weighted by molar-refractivity contribution is 5.91. The Balaban J connectivity index is 2.23. The molecule has 1 aromatic heterocycles. The number of rotatable bonds is 5. The smallest absolute Gasteiger partial charge is 0.358 e. The van der Waals surface area contributed by atoms with E-state index in [9.17, 15) is 19.8 Å². The average Bonchev–Trinajstić information content (AvgIpc) is 3.07. The number of aryl methyl sites for hydroxylation is 1. The van der Waals surface area contributed by atoms with E-state index in [1.807, 2.05) is 45.0 Å². The number of aromatic carboxylic acids is 2. The van der Waals surface area contributed by atoms with Crippen molar-refractivity contribution >= 4 is 11.9 Å². The maximum Gasteiger partial charge on any atom is 0.358 e. The van der Waals surface area contributed by atoms with Crippen molar-refractivity contribution < 1.29 is 19.8 Å². The van der Waals surface area contributed by atoms with Crippen LogP contribution in [0.1, 0.15) is 51.9 Å². The lowest BCUT2D eigenvalue weighted by atomic mass is 10.0. The van der Waals surface area contributed by atoms with Crippen molar-refractivity contribution in [1.82, 2.24) is 15.0 Å². The minimum Gasteiger partial charge on any atom is -0.478 e. The fraction of sp³-hybridized carbons (Fsp3) is 0.200. The van der Waals surface area contributed by atoms with Crippen LogP contribution >= 0.6 is 0 Å². The van der Waals surface area contributed by atoms with Gasteiger partial charge in [-0.25, -0.2) is 14.3 Å². The monoisotopic (exact) mass is 365 g/mol. The van der Waals surface area contributed by atoms with Crippen LogP contribution in [-0.4, -0.2) is 37.1 Å². The number of hydrogen-bond acceptors (Lipinski definition) is 4. The molecule has 1 heterocycles. The van der Waals surface area contributed by atoms with E-state index in [0.717, 1.165) is 11.1 Å². The van der Waals surface area contributed by atoms with Crippen molar-refractivity contribution in [2.75, 3.05) is 0 Å². The molecule has 0 atom stereocenters. The highest BCUT2D eigenvalue weighted by atomic mass is 16.4. The molecule has 0 unspecified atom stereocenters. The highest BCUT2D eigenvalue weighted by Crippen LogP contribution is 2.27. The Labute approximate surface area is 155 Å². The maximum absolute atomic E-state index is 11.6. The average molecular weight is 365 g/mol. The fourth-order valence-corrected chi connectivity index (χ4v) is 2.92. The zero-order chi connectivity index (χ0) is 19.7. The second-order valence-electron chi connectivity index (χ2n) is 6.63. The lowest BCUT2D eigenvalue weighted by Crippen LogP contribution is -2.09. The number of hydrogen-bond donors (Lipinski definition) is 2. The molecule has 0 fully saturated rings. The van der Waals surface area contributed by atoms with E-state index in [4.69, 9.17) is 0 Å². The predicted molar refractivity (Wildman–Crippen MR) is 99.5 cm³/mol. The van der Waals surface area contributed by atoms with Crippen molar-refractivity contribution in [3.05, 3.63) is 65.0 Å². The lowest BCUT2D eigenvalue weighted by molar-refractivity contribution is 0.0681. The molecule has 2 N–H and O–H groups in total. The van der Waals surface area contributed by atoms with Crippen LogP contribution in [0, 0.1) is 6.92 Å². The Kier molecular flexibility index (Phi) is 4.77. The Morgan fingerprint density at radius 2 is 1.63 bits per heavy atom. The van der Waals surface area contributed by atoms with Crippen LogP contribution in [-0.2, 0) is 0 Å². The topological polar surface area (TPSA) is 105 Å². The summed E-state index contributed by atoms with van der Waals surface area (Å²) in [5.41, 5.74) is 3.47. The van der Waals surface area contributed by atoms with E-state index in [1.54, 1.807) is 12.1 Å². The number of benzene rings is 2. The zero-order valence-electron chi connectivity index (χ0n) is 15.2. The maximum atomic E-state index is 11.6. The van der Waals surface area contributed by atoms with Gasteiger partial charge in [0.05, 0.1) is 16.9 Å².